The molecule has 122 valence electrons. The number of nitrogens with one attached hydrogen (secondary N) is 2. The molecule has 3 rings (SSSR count). The van der Waals surface area contributed by atoms with E-state index in [1.54, 1.807) is 30.3 Å². The number of carbonyl (C=O) groups is 1. The lowest BCUT2D eigenvalue weighted by Gasteiger charge is -2.06. The molecule has 0 aliphatic carbocycles. The zero-order valence-electron chi connectivity index (χ0n) is 13.1. The minimum atomic E-state index is -0.199. The number of carbonyl (C=O) groups excluding carboxylic acids is 1. The predicted molar refractivity (Wildman–Crippen MR) is 90.1 cm³/mol. The number of fused-ring (bicyclic) bond motifs is 1. The molecule has 2 N–H and O–H groups in total. The summed E-state index contributed by atoms with van der Waals surface area (Å²) in [6.07, 6.45) is 2.07. The monoisotopic (exact) mass is 324 g/mol. The number of hydrogen-bond acceptors (Lipinski definition) is 5. The summed E-state index contributed by atoms with van der Waals surface area (Å²) >= 11 is 0. The van der Waals surface area contributed by atoms with Crippen molar-refractivity contribution in [3.63, 3.8) is 0 Å². The molecule has 0 saturated heterocycles. The third-order valence-corrected chi connectivity index (χ3v) is 3.48. The van der Waals surface area contributed by atoms with Crippen molar-refractivity contribution in [1.29, 1.82) is 0 Å². The van der Waals surface area contributed by atoms with Gasteiger partial charge in [0.1, 0.15) is 5.82 Å². The van der Waals surface area contributed by atoms with E-state index in [0.717, 1.165) is 0 Å². The van der Waals surface area contributed by atoms with E-state index in [1.165, 1.54) is 13.3 Å². The van der Waals surface area contributed by atoms with Gasteiger partial charge in [-0.05, 0) is 18.2 Å². The lowest BCUT2D eigenvalue weighted by atomic mass is 10.2. The maximum atomic E-state index is 12.0. The molecule has 0 aliphatic heterocycles. The van der Waals surface area contributed by atoms with Crippen molar-refractivity contribution >= 4 is 22.5 Å². The van der Waals surface area contributed by atoms with Gasteiger partial charge in [0.15, 0.2) is 0 Å². The van der Waals surface area contributed by atoms with E-state index in [-0.39, 0.29) is 17.9 Å². The molecule has 1 aromatic carbocycles. The van der Waals surface area contributed by atoms with Gasteiger partial charge in [0, 0.05) is 18.9 Å². The van der Waals surface area contributed by atoms with Gasteiger partial charge in [-0.15, -0.1) is 0 Å². The second kappa shape index (κ2) is 6.91. The third kappa shape index (κ3) is 3.57. The summed E-state index contributed by atoms with van der Waals surface area (Å²) in [6, 6.07) is 10.5. The Morgan fingerprint density at radius 1 is 1.25 bits per heavy atom. The van der Waals surface area contributed by atoms with Gasteiger partial charge in [0.05, 0.1) is 29.9 Å². The topological polar surface area (TPSA) is 97.0 Å². The number of amides is 1. The molecule has 0 bridgehead atoms. The molecule has 2 aromatic heterocycles. The van der Waals surface area contributed by atoms with E-state index >= 15 is 0 Å². The Bertz CT molecular complexity index is 919. The smallest absolute Gasteiger partial charge is 0.258 e. The lowest BCUT2D eigenvalue weighted by Crippen LogP contribution is -2.16. The van der Waals surface area contributed by atoms with Crippen molar-refractivity contribution in [2.75, 3.05) is 12.4 Å². The van der Waals surface area contributed by atoms with Crippen LogP contribution in [0.4, 0.5) is 5.69 Å². The third-order valence-electron chi connectivity index (χ3n) is 3.48. The molecular weight excluding hydrogens is 308 g/mol. The molecule has 0 unspecified atom stereocenters. The summed E-state index contributed by atoms with van der Waals surface area (Å²) in [5.41, 5.74) is 1.01. The van der Waals surface area contributed by atoms with Crippen LogP contribution in [0, 0.1) is 0 Å². The van der Waals surface area contributed by atoms with Crippen LogP contribution in [0.25, 0.3) is 10.9 Å². The average molecular weight is 324 g/mol. The van der Waals surface area contributed by atoms with E-state index in [9.17, 15) is 9.59 Å². The number of anilines is 1. The summed E-state index contributed by atoms with van der Waals surface area (Å²) in [5, 5.41) is 3.28. The van der Waals surface area contributed by atoms with E-state index in [1.807, 2.05) is 6.07 Å². The Morgan fingerprint density at radius 3 is 2.83 bits per heavy atom. The SMILES string of the molecule is COc1ccc(NC(=O)CCc2nc3ccccc3c(=O)[nH]2)cn1. The van der Waals surface area contributed by atoms with Gasteiger partial charge in [-0.3, -0.25) is 9.59 Å². The summed E-state index contributed by atoms with van der Waals surface area (Å²) < 4.78 is 4.96. The molecule has 0 atom stereocenters. The van der Waals surface area contributed by atoms with Crippen molar-refractivity contribution in [3.8, 4) is 5.88 Å². The molecule has 24 heavy (non-hydrogen) atoms. The normalized spacial score (nSPS) is 10.5. The number of rotatable bonds is 5. The van der Waals surface area contributed by atoms with Gasteiger partial charge in [-0.25, -0.2) is 9.97 Å². The number of para-hydroxylation sites is 1. The second-order valence-electron chi connectivity index (χ2n) is 5.17. The molecule has 0 aliphatic rings. The summed E-state index contributed by atoms with van der Waals surface area (Å²) in [6.45, 7) is 0. The summed E-state index contributed by atoms with van der Waals surface area (Å²) in [7, 11) is 1.53. The lowest BCUT2D eigenvalue weighted by molar-refractivity contribution is -0.116. The first kappa shape index (κ1) is 15.7. The molecule has 3 aromatic rings. The molecule has 7 nitrogen and oxygen atoms in total. The number of hydrogen-bond donors (Lipinski definition) is 2. The van der Waals surface area contributed by atoms with E-state index in [2.05, 4.69) is 20.3 Å². The molecule has 7 heteroatoms. The number of H-pyrrole nitrogens is 1. The number of ether oxygens (including phenoxy) is 1. The Balaban J connectivity index is 1.64. The standard InChI is InChI=1S/C17H16N4O3/c1-24-16-9-6-11(10-18-16)19-15(22)8-7-14-20-13-5-3-2-4-12(13)17(23)21-14/h2-6,9-10H,7-8H2,1H3,(H,19,22)(H,20,21,23). The van der Waals surface area contributed by atoms with Crippen molar-refractivity contribution in [2.45, 2.75) is 12.8 Å². The molecule has 1 amide bonds. The van der Waals surface area contributed by atoms with Gasteiger partial charge < -0.3 is 15.0 Å². The number of aromatic amines is 1. The molecule has 0 radical (unpaired) electrons. The van der Waals surface area contributed by atoms with Gasteiger partial charge >= 0.3 is 0 Å². The van der Waals surface area contributed by atoms with Crippen molar-refractivity contribution in [3.05, 3.63) is 58.8 Å². The van der Waals surface area contributed by atoms with Crippen LogP contribution in [0.5, 0.6) is 5.88 Å². The number of methoxy groups -OCH3 is 1. The molecule has 0 saturated carbocycles. The zero-order valence-corrected chi connectivity index (χ0v) is 13.1. The first-order chi connectivity index (χ1) is 11.7. The zero-order chi connectivity index (χ0) is 16.9. The Morgan fingerprint density at radius 2 is 2.08 bits per heavy atom. The van der Waals surface area contributed by atoms with Crippen molar-refractivity contribution < 1.29 is 9.53 Å². The Kier molecular flexibility index (Phi) is 4.51. The van der Waals surface area contributed by atoms with Crippen LogP contribution in [-0.4, -0.2) is 28.0 Å². The first-order valence-corrected chi connectivity index (χ1v) is 7.43. The highest BCUT2D eigenvalue weighted by molar-refractivity contribution is 5.90. The van der Waals surface area contributed by atoms with Crippen molar-refractivity contribution in [1.82, 2.24) is 15.0 Å². The molecule has 0 spiro atoms. The van der Waals surface area contributed by atoms with Crippen LogP contribution in [0.1, 0.15) is 12.2 Å². The van der Waals surface area contributed by atoms with Crippen LogP contribution >= 0.6 is 0 Å². The fraction of sp³-hybridized carbons (Fsp3) is 0.176. The second-order valence-corrected chi connectivity index (χ2v) is 5.17. The summed E-state index contributed by atoms with van der Waals surface area (Å²) in [4.78, 5) is 35.1. The fourth-order valence-corrected chi connectivity index (χ4v) is 2.28. The molecular formula is C17H16N4O3. The van der Waals surface area contributed by atoms with Crippen LogP contribution in [0.15, 0.2) is 47.4 Å². The number of aryl methyl sites for hydroxylation is 1. The highest BCUT2D eigenvalue weighted by Crippen LogP contribution is 2.12. The van der Waals surface area contributed by atoms with Gasteiger partial charge in [-0.1, -0.05) is 12.1 Å². The Labute approximate surface area is 137 Å². The van der Waals surface area contributed by atoms with Crippen LogP contribution in [0.2, 0.25) is 0 Å². The number of benzene rings is 1. The maximum absolute atomic E-state index is 12.0. The average Bonchev–Trinajstić information content (AvgIpc) is 2.61. The van der Waals surface area contributed by atoms with Crippen LogP contribution in [0.3, 0.4) is 0 Å². The van der Waals surface area contributed by atoms with Gasteiger partial charge in [-0.2, -0.15) is 0 Å². The van der Waals surface area contributed by atoms with E-state index < -0.39 is 0 Å². The largest absolute Gasteiger partial charge is 0.481 e. The highest BCUT2D eigenvalue weighted by atomic mass is 16.5. The number of nitrogens with zero attached hydrogens (tertiary/aromatic N) is 2. The molecule has 2 heterocycles. The highest BCUT2D eigenvalue weighted by Gasteiger charge is 2.07. The van der Waals surface area contributed by atoms with Crippen LogP contribution in [-0.2, 0) is 11.2 Å². The quantitative estimate of drug-likeness (QED) is 0.747. The van der Waals surface area contributed by atoms with E-state index in [0.29, 0.717) is 34.7 Å². The summed E-state index contributed by atoms with van der Waals surface area (Å²) in [5.74, 6) is 0.783. The van der Waals surface area contributed by atoms with Crippen LogP contribution < -0.4 is 15.6 Å². The minimum Gasteiger partial charge on any atom is -0.481 e. The van der Waals surface area contributed by atoms with E-state index in [4.69, 9.17) is 4.74 Å². The number of pyridine rings is 1. The predicted octanol–water partition coefficient (Wildman–Crippen LogP) is 1.90. The van der Waals surface area contributed by atoms with Gasteiger partial charge in [0.2, 0.25) is 11.8 Å². The first-order valence-electron chi connectivity index (χ1n) is 7.43. The fourth-order valence-electron chi connectivity index (χ4n) is 2.28. The maximum Gasteiger partial charge on any atom is 0.258 e. The number of aromatic nitrogens is 3. The Hall–Kier alpha value is -3.22. The minimum absolute atomic E-state index is 0.183. The van der Waals surface area contributed by atoms with Gasteiger partial charge in [0.25, 0.3) is 5.56 Å². The molecule has 0 fully saturated rings. The van der Waals surface area contributed by atoms with Crippen molar-refractivity contribution in [2.24, 2.45) is 0 Å².